The summed E-state index contributed by atoms with van der Waals surface area (Å²) in [6.07, 6.45) is 9.70. The molecule has 0 aromatic heterocycles. The smallest absolute Gasteiger partial charge is 0.302 e. The number of fused-ring (bicyclic) bond motifs is 4. The molecule has 9 unspecified atom stereocenters. The van der Waals surface area contributed by atoms with Gasteiger partial charge >= 0.3 is 5.97 Å². The zero-order valence-corrected chi connectivity index (χ0v) is 19.1. The molecule has 0 amide bonds. The molecule has 5 heteroatoms. The first-order valence-corrected chi connectivity index (χ1v) is 12.3. The molecule has 0 radical (unpaired) electrons. The molecule has 2 saturated heterocycles. The number of carbonyl (C=O) groups excluding carboxylic acids is 1. The fourth-order valence-corrected chi connectivity index (χ4v) is 9.57. The number of epoxide rings is 1. The Balaban J connectivity index is 1.27. The van der Waals surface area contributed by atoms with Crippen molar-refractivity contribution in [3.63, 3.8) is 0 Å². The minimum absolute atomic E-state index is 0.0397. The van der Waals surface area contributed by atoms with E-state index in [1.807, 2.05) is 0 Å². The molecular weight excluding hydrogens is 380 g/mol. The van der Waals surface area contributed by atoms with Gasteiger partial charge in [-0.3, -0.25) is 4.79 Å². The number of carbonyl (C=O) groups is 1. The van der Waals surface area contributed by atoms with Crippen molar-refractivity contribution in [3.8, 4) is 0 Å². The summed E-state index contributed by atoms with van der Waals surface area (Å²) in [5.74, 6) is 2.17. The molecule has 30 heavy (non-hydrogen) atoms. The van der Waals surface area contributed by atoms with Crippen molar-refractivity contribution in [2.24, 2.45) is 34.5 Å². The van der Waals surface area contributed by atoms with E-state index in [9.17, 15) is 4.79 Å². The van der Waals surface area contributed by atoms with Crippen molar-refractivity contribution >= 4 is 5.97 Å². The first-order valence-electron chi connectivity index (χ1n) is 12.3. The van der Waals surface area contributed by atoms with E-state index in [0.29, 0.717) is 17.4 Å². The minimum atomic E-state index is -0.392. The highest BCUT2D eigenvalue weighted by molar-refractivity contribution is 5.66. The topological polar surface area (TPSA) is 57.3 Å². The summed E-state index contributed by atoms with van der Waals surface area (Å²) in [6, 6.07) is 0. The van der Waals surface area contributed by atoms with Gasteiger partial charge in [-0.05, 0) is 75.0 Å². The van der Waals surface area contributed by atoms with Crippen LogP contribution >= 0.6 is 0 Å². The van der Waals surface area contributed by atoms with E-state index < -0.39 is 5.79 Å². The molecule has 2 aliphatic heterocycles. The molecule has 0 N–H and O–H groups in total. The van der Waals surface area contributed by atoms with Gasteiger partial charge in [0.2, 0.25) is 0 Å². The number of rotatable bonds is 2. The van der Waals surface area contributed by atoms with E-state index in [1.165, 1.54) is 39.0 Å². The Bertz CT molecular complexity index is 746. The zero-order chi connectivity index (χ0) is 20.9. The molecule has 6 rings (SSSR count). The monoisotopic (exact) mass is 418 g/mol. The number of hydrogen-bond acceptors (Lipinski definition) is 5. The van der Waals surface area contributed by atoms with Gasteiger partial charge in [0.1, 0.15) is 11.7 Å². The lowest BCUT2D eigenvalue weighted by atomic mass is 9.44. The van der Waals surface area contributed by atoms with Crippen LogP contribution in [0.5, 0.6) is 0 Å². The van der Waals surface area contributed by atoms with Crippen molar-refractivity contribution < 1.29 is 23.7 Å². The van der Waals surface area contributed by atoms with Gasteiger partial charge in [0.25, 0.3) is 0 Å². The van der Waals surface area contributed by atoms with Crippen molar-refractivity contribution in [1.29, 1.82) is 0 Å². The largest absolute Gasteiger partial charge is 0.462 e. The quantitative estimate of drug-likeness (QED) is 0.489. The average Bonchev–Trinajstić information content (AvgIpc) is 3.02. The third kappa shape index (κ3) is 2.43. The van der Waals surface area contributed by atoms with E-state index in [2.05, 4.69) is 20.8 Å². The summed E-state index contributed by atoms with van der Waals surface area (Å²) in [5, 5.41) is 0. The van der Waals surface area contributed by atoms with Crippen LogP contribution in [0.15, 0.2) is 0 Å². The predicted octanol–water partition coefficient (Wildman–Crippen LogP) is 4.47. The normalized spacial score (nSPS) is 55.7. The van der Waals surface area contributed by atoms with Gasteiger partial charge in [-0.15, -0.1) is 0 Å². The molecular formula is C25H38O5. The molecule has 6 aliphatic rings. The van der Waals surface area contributed by atoms with Crippen LogP contribution in [0.25, 0.3) is 0 Å². The van der Waals surface area contributed by atoms with E-state index in [0.717, 1.165) is 50.2 Å². The molecule has 4 saturated carbocycles. The van der Waals surface area contributed by atoms with E-state index >= 15 is 0 Å². The highest BCUT2D eigenvalue weighted by atomic mass is 16.7. The van der Waals surface area contributed by atoms with Crippen molar-refractivity contribution in [2.75, 3.05) is 13.2 Å². The minimum Gasteiger partial charge on any atom is -0.462 e. The molecule has 6 fully saturated rings. The van der Waals surface area contributed by atoms with Gasteiger partial charge in [-0.2, -0.15) is 0 Å². The van der Waals surface area contributed by atoms with Crippen LogP contribution in [-0.4, -0.2) is 42.8 Å². The van der Waals surface area contributed by atoms with Crippen LogP contribution < -0.4 is 0 Å². The van der Waals surface area contributed by atoms with Crippen LogP contribution in [0.2, 0.25) is 0 Å². The molecule has 0 bridgehead atoms. The Morgan fingerprint density at radius 3 is 2.47 bits per heavy atom. The molecule has 0 aromatic rings. The highest BCUT2D eigenvalue weighted by Crippen LogP contribution is 2.74. The Morgan fingerprint density at radius 2 is 1.73 bits per heavy atom. The molecule has 0 aromatic carbocycles. The number of esters is 1. The van der Waals surface area contributed by atoms with Crippen LogP contribution in [0.1, 0.15) is 79.1 Å². The zero-order valence-electron chi connectivity index (χ0n) is 19.1. The van der Waals surface area contributed by atoms with Crippen molar-refractivity contribution in [2.45, 2.75) is 103 Å². The summed E-state index contributed by atoms with van der Waals surface area (Å²) in [6.45, 7) is 10.2. The Kier molecular flexibility index (Phi) is 4.15. The summed E-state index contributed by atoms with van der Waals surface area (Å²) < 4.78 is 24.5. The van der Waals surface area contributed by atoms with Gasteiger partial charge in [-0.1, -0.05) is 13.8 Å². The Labute approximate surface area is 180 Å². The number of hydrogen-bond donors (Lipinski definition) is 0. The van der Waals surface area contributed by atoms with E-state index in [4.69, 9.17) is 18.9 Å². The fourth-order valence-electron chi connectivity index (χ4n) is 9.57. The van der Waals surface area contributed by atoms with Gasteiger partial charge in [0.05, 0.1) is 19.3 Å². The van der Waals surface area contributed by atoms with E-state index in [1.54, 1.807) is 0 Å². The molecule has 1 spiro atoms. The van der Waals surface area contributed by atoms with Crippen LogP contribution in [0.3, 0.4) is 0 Å². The molecule has 9 atom stereocenters. The maximum atomic E-state index is 11.5. The van der Waals surface area contributed by atoms with E-state index in [-0.39, 0.29) is 23.1 Å². The second-order valence-corrected chi connectivity index (χ2v) is 11.9. The first-order chi connectivity index (χ1) is 14.2. The lowest BCUT2D eigenvalue weighted by Gasteiger charge is -2.60. The van der Waals surface area contributed by atoms with Crippen molar-refractivity contribution in [1.82, 2.24) is 0 Å². The average molecular weight is 419 g/mol. The maximum Gasteiger partial charge on any atom is 0.302 e. The van der Waals surface area contributed by atoms with Crippen LogP contribution in [0, 0.1) is 34.5 Å². The highest BCUT2D eigenvalue weighted by Gasteiger charge is 2.76. The molecule has 5 nitrogen and oxygen atoms in total. The van der Waals surface area contributed by atoms with Gasteiger partial charge < -0.3 is 18.9 Å². The fraction of sp³-hybridized carbons (Fsp3) is 0.960. The first kappa shape index (κ1) is 20.0. The standard InChI is InChI=1S/C25H38O5/c1-15(26)29-16-7-10-23(3)19-8-9-22(2)18(17(19)13-21-25(23,14-16)30-21)5-6-20(22)24(4)27-11-12-28-24/h16-21H,5-14H2,1-4H3. The van der Waals surface area contributed by atoms with Gasteiger partial charge in [0.15, 0.2) is 5.79 Å². The summed E-state index contributed by atoms with van der Waals surface area (Å²) in [4.78, 5) is 11.5. The lowest BCUT2D eigenvalue weighted by molar-refractivity contribution is -0.217. The summed E-state index contributed by atoms with van der Waals surface area (Å²) in [5.41, 5.74) is 0.489. The predicted molar refractivity (Wildman–Crippen MR) is 111 cm³/mol. The summed E-state index contributed by atoms with van der Waals surface area (Å²) >= 11 is 0. The van der Waals surface area contributed by atoms with Crippen LogP contribution in [0.4, 0.5) is 0 Å². The van der Waals surface area contributed by atoms with Gasteiger partial charge in [-0.25, -0.2) is 0 Å². The maximum absolute atomic E-state index is 11.5. The van der Waals surface area contributed by atoms with Crippen molar-refractivity contribution in [3.05, 3.63) is 0 Å². The second-order valence-electron chi connectivity index (χ2n) is 11.9. The Morgan fingerprint density at radius 1 is 0.967 bits per heavy atom. The summed E-state index contributed by atoms with van der Waals surface area (Å²) in [7, 11) is 0. The SMILES string of the molecule is CC(=O)OC1CCC2(C)C3CCC4(C)C(CCC4C4(C)OCCO4)C3CC3OC32C1. The van der Waals surface area contributed by atoms with Crippen LogP contribution in [-0.2, 0) is 23.7 Å². The third-order valence-corrected chi connectivity index (χ3v) is 10.9. The molecule has 4 aliphatic carbocycles. The number of ether oxygens (including phenoxy) is 4. The lowest BCUT2D eigenvalue weighted by Crippen LogP contribution is -2.59. The molecule has 2 heterocycles. The molecule has 168 valence electrons. The third-order valence-electron chi connectivity index (χ3n) is 10.9. The second kappa shape index (κ2) is 6.23. The Hall–Kier alpha value is -0.650. The van der Waals surface area contributed by atoms with Gasteiger partial charge in [0, 0.05) is 24.7 Å².